The van der Waals surface area contributed by atoms with Gasteiger partial charge < -0.3 is 19.1 Å². The van der Waals surface area contributed by atoms with Crippen molar-refractivity contribution in [3.8, 4) is 0 Å². The van der Waals surface area contributed by atoms with Gasteiger partial charge in [0.1, 0.15) is 11.6 Å². The third-order valence-electron chi connectivity index (χ3n) is 3.64. The van der Waals surface area contributed by atoms with E-state index in [1.54, 1.807) is 31.1 Å². The van der Waals surface area contributed by atoms with Gasteiger partial charge in [-0.3, -0.25) is 4.79 Å². The smallest absolute Gasteiger partial charge is 0.409 e. The number of benzene rings is 1. The Bertz CT molecular complexity index is 710. The molecule has 3 rings (SSSR count). The van der Waals surface area contributed by atoms with Crippen LogP contribution in [0.15, 0.2) is 28.8 Å². The van der Waals surface area contributed by atoms with E-state index in [-0.39, 0.29) is 17.8 Å². The van der Waals surface area contributed by atoms with Gasteiger partial charge in [0.15, 0.2) is 0 Å². The van der Waals surface area contributed by atoms with Gasteiger partial charge >= 0.3 is 6.09 Å². The molecule has 2 heterocycles. The number of fused-ring (bicyclic) bond motifs is 1. The molecule has 1 fully saturated rings. The van der Waals surface area contributed by atoms with Crippen molar-refractivity contribution in [2.75, 3.05) is 27.2 Å². The molecule has 116 valence electrons. The van der Waals surface area contributed by atoms with Gasteiger partial charge in [-0.05, 0) is 12.1 Å². The van der Waals surface area contributed by atoms with E-state index < -0.39 is 6.09 Å². The minimum absolute atomic E-state index is 0.225. The third kappa shape index (κ3) is 2.61. The van der Waals surface area contributed by atoms with Crippen LogP contribution in [-0.4, -0.2) is 60.2 Å². The van der Waals surface area contributed by atoms with Gasteiger partial charge in [0.2, 0.25) is 5.76 Å². The van der Waals surface area contributed by atoms with E-state index in [9.17, 15) is 9.59 Å². The normalized spacial score (nSPS) is 17.7. The SMILES string of the molecule is CN(C)C(=O)OC1CCN(C(=O)c2onc3ccccc23)C1. The van der Waals surface area contributed by atoms with Crippen molar-refractivity contribution in [1.29, 1.82) is 0 Å². The third-order valence-corrected chi connectivity index (χ3v) is 3.64. The van der Waals surface area contributed by atoms with E-state index in [4.69, 9.17) is 9.26 Å². The Morgan fingerprint density at radius 2 is 2.14 bits per heavy atom. The summed E-state index contributed by atoms with van der Waals surface area (Å²) in [6.45, 7) is 0.896. The number of hydrogen-bond donors (Lipinski definition) is 0. The highest BCUT2D eigenvalue weighted by molar-refractivity contribution is 6.03. The topological polar surface area (TPSA) is 75.9 Å². The average Bonchev–Trinajstić information content (AvgIpc) is 3.13. The van der Waals surface area contributed by atoms with Gasteiger partial charge in [0, 0.05) is 27.1 Å². The molecule has 22 heavy (non-hydrogen) atoms. The average molecular weight is 303 g/mol. The second kappa shape index (κ2) is 5.67. The molecule has 0 aliphatic carbocycles. The fourth-order valence-corrected chi connectivity index (χ4v) is 2.44. The summed E-state index contributed by atoms with van der Waals surface area (Å²) in [4.78, 5) is 27.1. The molecule has 2 aromatic rings. The summed E-state index contributed by atoms with van der Waals surface area (Å²) < 4.78 is 10.5. The van der Waals surface area contributed by atoms with Crippen LogP contribution < -0.4 is 0 Å². The molecule has 1 aromatic carbocycles. The van der Waals surface area contributed by atoms with E-state index in [0.717, 1.165) is 0 Å². The number of carbonyl (C=O) groups excluding carboxylic acids is 2. The summed E-state index contributed by atoms with van der Waals surface area (Å²) in [5.41, 5.74) is 0.653. The van der Waals surface area contributed by atoms with Crippen LogP contribution in [0, 0.1) is 0 Å². The number of amides is 2. The molecule has 1 aromatic heterocycles. The van der Waals surface area contributed by atoms with Crippen molar-refractivity contribution in [1.82, 2.24) is 15.0 Å². The second-order valence-corrected chi connectivity index (χ2v) is 5.47. The molecule has 1 aliphatic rings. The Labute approximate surface area is 127 Å². The molecule has 0 spiro atoms. The molecule has 0 N–H and O–H groups in total. The molecule has 1 aliphatic heterocycles. The summed E-state index contributed by atoms with van der Waals surface area (Å²) in [6, 6.07) is 7.27. The second-order valence-electron chi connectivity index (χ2n) is 5.47. The Hall–Kier alpha value is -2.57. The molecule has 0 bridgehead atoms. The lowest BCUT2D eigenvalue weighted by Gasteiger charge is -2.17. The standard InChI is InChI=1S/C15H17N3O4/c1-17(2)15(20)21-10-7-8-18(9-10)14(19)13-11-5-3-4-6-12(11)16-22-13/h3-6,10H,7-9H2,1-2H3. The molecule has 7 heteroatoms. The fourth-order valence-electron chi connectivity index (χ4n) is 2.44. The number of rotatable bonds is 2. The van der Waals surface area contributed by atoms with Gasteiger partial charge in [0.05, 0.1) is 11.9 Å². The first-order chi connectivity index (χ1) is 10.6. The maximum absolute atomic E-state index is 12.5. The summed E-state index contributed by atoms with van der Waals surface area (Å²) in [5.74, 6) is 0.00675. The summed E-state index contributed by atoms with van der Waals surface area (Å²) in [5, 5.41) is 4.58. The van der Waals surface area contributed by atoms with Gasteiger partial charge in [-0.25, -0.2) is 4.79 Å². The van der Waals surface area contributed by atoms with Crippen molar-refractivity contribution in [2.24, 2.45) is 0 Å². The molecule has 0 radical (unpaired) electrons. The van der Waals surface area contributed by atoms with Crippen LogP contribution in [0.3, 0.4) is 0 Å². The minimum Gasteiger partial charge on any atom is -0.444 e. The Morgan fingerprint density at radius 3 is 2.91 bits per heavy atom. The Balaban J connectivity index is 1.70. The first-order valence-electron chi connectivity index (χ1n) is 7.08. The molecule has 1 atom stereocenters. The van der Waals surface area contributed by atoms with E-state index in [1.165, 1.54) is 4.90 Å². The summed E-state index contributed by atoms with van der Waals surface area (Å²) in [6.07, 6.45) is -0.0605. The van der Waals surface area contributed by atoms with Crippen LogP contribution in [0.5, 0.6) is 0 Å². The van der Waals surface area contributed by atoms with Crippen LogP contribution in [0.4, 0.5) is 4.79 Å². The molecule has 1 unspecified atom stereocenters. The largest absolute Gasteiger partial charge is 0.444 e. The van der Waals surface area contributed by atoms with E-state index in [1.807, 2.05) is 12.1 Å². The maximum Gasteiger partial charge on any atom is 0.409 e. The van der Waals surface area contributed by atoms with Crippen molar-refractivity contribution in [3.63, 3.8) is 0 Å². The number of hydrogen-bond acceptors (Lipinski definition) is 5. The number of ether oxygens (including phenoxy) is 1. The van der Waals surface area contributed by atoms with Crippen molar-refractivity contribution in [2.45, 2.75) is 12.5 Å². The van der Waals surface area contributed by atoms with Crippen molar-refractivity contribution < 1.29 is 18.8 Å². The van der Waals surface area contributed by atoms with Crippen LogP contribution in [-0.2, 0) is 4.74 Å². The predicted molar refractivity (Wildman–Crippen MR) is 78.5 cm³/mol. The molecular formula is C15H17N3O4. The monoisotopic (exact) mass is 303 g/mol. The minimum atomic E-state index is -0.399. The molecule has 1 saturated heterocycles. The summed E-state index contributed by atoms with van der Waals surface area (Å²) in [7, 11) is 3.25. The quantitative estimate of drug-likeness (QED) is 0.844. The van der Waals surface area contributed by atoms with Crippen molar-refractivity contribution >= 4 is 22.9 Å². The molecular weight excluding hydrogens is 286 g/mol. The highest BCUT2D eigenvalue weighted by Gasteiger charge is 2.32. The lowest BCUT2D eigenvalue weighted by Crippen LogP contribution is -2.32. The van der Waals surface area contributed by atoms with E-state index in [2.05, 4.69) is 5.16 Å². The van der Waals surface area contributed by atoms with Crippen LogP contribution in [0.25, 0.3) is 10.9 Å². The van der Waals surface area contributed by atoms with E-state index >= 15 is 0 Å². The fraction of sp³-hybridized carbons (Fsp3) is 0.400. The Morgan fingerprint density at radius 1 is 1.36 bits per heavy atom. The Kier molecular flexibility index (Phi) is 3.70. The number of likely N-dealkylation sites (tertiary alicyclic amines) is 1. The number of aromatic nitrogens is 1. The first-order valence-corrected chi connectivity index (χ1v) is 7.08. The van der Waals surface area contributed by atoms with Gasteiger partial charge in [0.25, 0.3) is 5.91 Å². The first kappa shape index (κ1) is 14.4. The van der Waals surface area contributed by atoms with Crippen LogP contribution in [0.1, 0.15) is 17.0 Å². The number of carbonyl (C=O) groups is 2. The zero-order valence-electron chi connectivity index (χ0n) is 12.5. The highest BCUT2D eigenvalue weighted by Crippen LogP contribution is 2.22. The van der Waals surface area contributed by atoms with Gasteiger partial charge in [-0.2, -0.15) is 0 Å². The molecule has 0 saturated carbocycles. The number of nitrogens with zero attached hydrogens (tertiary/aromatic N) is 3. The van der Waals surface area contributed by atoms with Crippen LogP contribution in [0.2, 0.25) is 0 Å². The van der Waals surface area contributed by atoms with Crippen molar-refractivity contribution in [3.05, 3.63) is 30.0 Å². The van der Waals surface area contributed by atoms with E-state index in [0.29, 0.717) is 30.4 Å². The maximum atomic E-state index is 12.5. The summed E-state index contributed by atoms with van der Waals surface area (Å²) >= 11 is 0. The highest BCUT2D eigenvalue weighted by atomic mass is 16.6. The lowest BCUT2D eigenvalue weighted by molar-refractivity contribution is 0.0642. The zero-order chi connectivity index (χ0) is 15.7. The van der Waals surface area contributed by atoms with Gasteiger partial charge in [-0.15, -0.1) is 0 Å². The van der Waals surface area contributed by atoms with Gasteiger partial charge in [-0.1, -0.05) is 17.3 Å². The molecule has 2 amide bonds. The lowest BCUT2D eigenvalue weighted by atomic mass is 10.2. The molecule has 7 nitrogen and oxygen atoms in total. The predicted octanol–water partition coefficient (Wildman–Crippen LogP) is 1.74. The zero-order valence-corrected chi connectivity index (χ0v) is 12.5. The van der Waals surface area contributed by atoms with Crippen LogP contribution >= 0.6 is 0 Å².